The molecule has 1 unspecified atom stereocenters. The Morgan fingerprint density at radius 1 is 1.35 bits per heavy atom. The van der Waals surface area contributed by atoms with Gasteiger partial charge in [0.2, 0.25) is 0 Å². The Morgan fingerprint density at radius 3 is 2.65 bits per heavy atom. The van der Waals surface area contributed by atoms with Gasteiger partial charge < -0.3 is 5.11 Å². The third-order valence-electron chi connectivity index (χ3n) is 2.69. The quantitative estimate of drug-likeness (QED) is 0.747. The molecule has 2 rings (SSSR count). The molecule has 1 aliphatic heterocycles. The molecule has 92 valence electrons. The van der Waals surface area contributed by atoms with Crippen molar-refractivity contribution in [3.05, 3.63) is 35.6 Å². The third kappa shape index (κ3) is 1.93. The highest BCUT2D eigenvalue weighted by Gasteiger charge is 2.44. The maximum atomic E-state index is 14.4. The summed E-state index contributed by atoms with van der Waals surface area (Å²) in [5, 5.41) is 8.73. The molecule has 6 heteroatoms. The first-order valence-corrected chi connectivity index (χ1v) is 4.93. The highest BCUT2D eigenvalue weighted by molar-refractivity contribution is 6.09. The molecule has 1 N–H and O–H groups in total. The van der Waals surface area contributed by atoms with E-state index in [0.717, 1.165) is 6.08 Å². The SMILES string of the molecule is OCCC1=CN=C2C=C(C(F)(F)F)C=CC12F. The molecule has 1 heterocycles. The van der Waals surface area contributed by atoms with Crippen LogP contribution in [0.5, 0.6) is 0 Å². The van der Waals surface area contributed by atoms with E-state index < -0.39 is 17.4 Å². The van der Waals surface area contributed by atoms with E-state index in [4.69, 9.17) is 5.11 Å². The summed E-state index contributed by atoms with van der Waals surface area (Å²) in [6.07, 6.45) is -1.06. The summed E-state index contributed by atoms with van der Waals surface area (Å²) in [5.41, 5.74) is -3.14. The van der Waals surface area contributed by atoms with E-state index in [9.17, 15) is 17.6 Å². The number of hydrogen-bond donors (Lipinski definition) is 1. The lowest BCUT2D eigenvalue weighted by molar-refractivity contribution is -0.0882. The molecule has 0 aromatic rings. The molecule has 0 aromatic carbocycles. The van der Waals surface area contributed by atoms with Crippen molar-refractivity contribution in [3.8, 4) is 0 Å². The maximum absolute atomic E-state index is 14.4. The van der Waals surface area contributed by atoms with E-state index in [1.165, 1.54) is 6.20 Å². The smallest absolute Gasteiger partial charge is 0.396 e. The molecule has 0 fully saturated rings. The van der Waals surface area contributed by atoms with Crippen LogP contribution in [0.4, 0.5) is 17.6 Å². The second kappa shape index (κ2) is 3.80. The number of aliphatic hydroxyl groups excluding tert-OH is 1. The molecule has 0 amide bonds. The summed E-state index contributed by atoms with van der Waals surface area (Å²) < 4.78 is 51.6. The van der Waals surface area contributed by atoms with E-state index in [0.29, 0.717) is 12.2 Å². The predicted octanol–water partition coefficient (Wildman–Crippen LogP) is 2.47. The number of allylic oxidation sites excluding steroid dienone is 4. The van der Waals surface area contributed by atoms with Gasteiger partial charge in [-0.05, 0) is 24.1 Å². The van der Waals surface area contributed by atoms with Crippen LogP contribution >= 0.6 is 0 Å². The highest BCUT2D eigenvalue weighted by Crippen LogP contribution is 2.39. The fraction of sp³-hybridized carbons (Fsp3) is 0.364. The number of halogens is 4. The predicted molar refractivity (Wildman–Crippen MR) is 54.3 cm³/mol. The number of rotatable bonds is 2. The molecule has 17 heavy (non-hydrogen) atoms. The minimum absolute atomic E-state index is 0.0447. The lowest BCUT2D eigenvalue weighted by atomic mass is 9.85. The van der Waals surface area contributed by atoms with Gasteiger partial charge >= 0.3 is 6.18 Å². The molecule has 0 radical (unpaired) electrons. The number of aliphatic imine (C=N–C) groups is 1. The van der Waals surface area contributed by atoms with Gasteiger partial charge in [0.15, 0.2) is 5.67 Å². The standard InChI is InChI=1S/C11H9F4NO/c12-10-3-1-7(11(13,14)15)5-9(10)16-6-8(10)2-4-17/h1,3,5-6,17H,2,4H2. The fourth-order valence-corrected chi connectivity index (χ4v) is 1.78. The van der Waals surface area contributed by atoms with Gasteiger partial charge in [-0.3, -0.25) is 4.99 Å². The zero-order valence-electron chi connectivity index (χ0n) is 8.63. The first-order chi connectivity index (χ1) is 7.88. The van der Waals surface area contributed by atoms with Gasteiger partial charge in [-0.15, -0.1) is 0 Å². The van der Waals surface area contributed by atoms with Gasteiger partial charge in [-0.2, -0.15) is 13.2 Å². The van der Waals surface area contributed by atoms with E-state index >= 15 is 0 Å². The minimum Gasteiger partial charge on any atom is -0.396 e. The van der Waals surface area contributed by atoms with Gasteiger partial charge in [0.1, 0.15) is 0 Å². The molecule has 0 aromatic heterocycles. The third-order valence-corrected chi connectivity index (χ3v) is 2.69. The Bertz CT molecular complexity index is 459. The van der Waals surface area contributed by atoms with Gasteiger partial charge in [-0.25, -0.2) is 4.39 Å². The monoisotopic (exact) mass is 247 g/mol. The normalized spacial score (nSPS) is 27.5. The Balaban J connectivity index is 2.31. The molecule has 0 saturated carbocycles. The zero-order valence-corrected chi connectivity index (χ0v) is 8.63. The molecule has 1 aliphatic carbocycles. The van der Waals surface area contributed by atoms with Gasteiger partial charge in [-0.1, -0.05) is 6.08 Å². The van der Waals surface area contributed by atoms with Gasteiger partial charge in [0.05, 0.1) is 11.3 Å². The van der Waals surface area contributed by atoms with E-state index in [2.05, 4.69) is 4.99 Å². The van der Waals surface area contributed by atoms with Crippen LogP contribution < -0.4 is 0 Å². The molecule has 2 nitrogen and oxygen atoms in total. The molecular weight excluding hydrogens is 238 g/mol. The summed E-state index contributed by atoms with van der Waals surface area (Å²) in [6.45, 7) is -0.274. The van der Waals surface area contributed by atoms with Crippen molar-refractivity contribution >= 4 is 5.71 Å². The van der Waals surface area contributed by atoms with Crippen LogP contribution in [-0.2, 0) is 0 Å². The lowest BCUT2D eigenvalue weighted by Gasteiger charge is -2.24. The Kier molecular flexibility index (Phi) is 2.69. The van der Waals surface area contributed by atoms with Crippen molar-refractivity contribution in [2.75, 3.05) is 6.61 Å². The average Bonchev–Trinajstić information content (AvgIpc) is 2.54. The molecule has 1 atom stereocenters. The van der Waals surface area contributed by atoms with Crippen molar-refractivity contribution in [1.82, 2.24) is 0 Å². The summed E-state index contributed by atoms with van der Waals surface area (Å²) >= 11 is 0. The summed E-state index contributed by atoms with van der Waals surface area (Å²) in [5.74, 6) is 0. The number of alkyl halides is 4. The molecule has 0 spiro atoms. The summed E-state index contributed by atoms with van der Waals surface area (Å²) in [6, 6.07) is 0. The first kappa shape index (κ1) is 12.0. The Morgan fingerprint density at radius 2 is 2.06 bits per heavy atom. The van der Waals surface area contributed by atoms with E-state index in [1.54, 1.807) is 0 Å². The van der Waals surface area contributed by atoms with Crippen LogP contribution in [0, 0.1) is 0 Å². The van der Waals surface area contributed by atoms with Crippen LogP contribution in [0.2, 0.25) is 0 Å². The van der Waals surface area contributed by atoms with Crippen LogP contribution in [0.25, 0.3) is 0 Å². The molecular formula is C11H9F4NO. The van der Waals surface area contributed by atoms with Crippen molar-refractivity contribution < 1.29 is 22.7 Å². The van der Waals surface area contributed by atoms with Crippen LogP contribution in [0.15, 0.2) is 40.6 Å². The molecule has 0 saturated heterocycles. The van der Waals surface area contributed by atoms with Crippen molar-refractivity contribution in [3.63, 3.8) is 0 Å². The fourth-order valence-electron chi connectivity index (χ4n) is 1.78. The van der Waals surface area contributed by atoms with Crippen molar-refractivity contribution in [2.24, 2.45) is 4.99 Å². The van der Waals surface area contributed by atoms with Gasteiger partial charge in [0.25, 0.3) is 0 Å². The topological polar surface area (TPSA) is 32.6 Å². The van der Waals surface area contributed by atoms with Crippen LogP contribution in [0.1, 0.15) is 6.42 Å². The van der Waals surface area contributed by atoms with E-state index in [-0.39, 0.29) is 24.3 Å². The minimum atomic E-state index is -4.51. The number of aliphatic hydroxyl groups is 1. The molecule has 2 aliphatic rings. The maximum Gasteiger partial charge on any atom is 0.416 e. The number of nitrogens with zero attached hydrogens (tertiary/aromatic N) is 1. The molecule has 0 bridgehead atoms. The second-order valence-corrected chi connectivity index (χ2v) is 3.78. The highest BCUT2D eigenvalue weighted by atomic mass is 19.4. The summed E-state index contributed by atoms with van der Waals surface area (Å²) in [4.78, 5) is 3.63. The lowest BCUT2D eigenvalue weighted by Crippen LogP contribution is -2.33. The first-order valence-electron chi connectivity index (χ1n) is 4.93. The summed E-state index contributed by atoms with van der Waals surface area (Å²) in [7, 11) is 0. The average molecular weight is 247 g/mol. The number of fused-ring (bicyclic) bond motifs is 1. The van der Waals surface area contributed by atoms with Crippen LogP contribution in [0.3, 0.4) is 0 Å². The zero-order chi connectivity index (χ0) is 12.7. The number of hydrogen-bond acceptors (Lipinski definition) is 2. The van der Waals surface area contributed by atoms with Crippen LogP contribution in [-0.4, -0.2) is 29.3 Å². The second-order valence-electron chi connectivity index (χ2n) is 3.78. The van der Waals surface area contributed by atoms with Crippen molar-refractivity contribution in [2.45, 2.75) is 18.3 Å². The van der Waals surface area contributed by atoms with E-state index in [1.807, 2.05) is 0 Å². The Hall–Kier alpha value is -1.43. The largest absolute Gasteiger partial charge is 0.416 e. The van der Waals surface area contributed by atoms with Gasteiger partial charge in [0, 0.05) is 12.8 Å². The van der Waals surface area contributed by atoms with Crippen molar-refractivity contribution in [1.29, 1.82) is 0 Å². The Labute approximate surface area is 94.7 Å².